The highest BCUT2D eigenvalue weighted by Gasteiger charge is 2.30. The standard InChI is InChI=1S/C15H24N2O/c1-10(2)17(3)14-8-5-11-9-12(18-4)6-7-13(11)15(14)16/h6-7,9-10,14-15H,5,8,16H2,1-4H3. The van der Waals surface area contributed by atoms with E-state index < -0.39 is 0 Å². The van der Waals surface area contributed by atoms with E-state index in [2.05, 4.69) is 37.9 Å². The first-order valence-corrected chi connectivity index (χ1v) is 6.69. The van der Waals surface area contributed by atoms with Crippen LogP contribution in [0.15, 0.2) is 18.2 Å². The third-order valence-electron chi connectivity index (χ3n) is 4.17. The second-order valence-electron chi connectivity index (χ2n) is 5.46. The highest BCUT2D eigenvalue weighted by atomic mass is 16.5. The van der Waals surface area contributed by atoms with E-state index in [1.165, 1.54) is 11.1 Å². The van der Waals surface area contributed by atoms with Crippen molar-refractivity contribution >= 4 is 0 Å². The molecule has 2 rings (SSSR count). The van der Waals surface area contributed by atoms with Crippen molar-refractivity contribution < 1.29 is 4.74 Å². The predicted octanol–water partition coefficient (Wildman–Crippen LogP) is 2.35. The lowest BCUT2D eigenvalue weighted by atomic mass is 9.83. The summed E-state index contributed by atoms with van der Waals surface area (Å²) in [5.41, 5.74) is 9.06. The zero-order chi connectivity index (χ0) is 13.3. The summed E-state index contributed by atoms with van der Waals surface area (Å²) >= 11 is 0. The number of fused-ring (bicyclic) bond motifs is 1. The van der Waals surface area contributed by atoms with Crippen LogP contribution in [0.3, 0.4) is 0 Å². The van der Waals surface area contributed by atoms with Gasteiger partial charge in [0.25, 0.3) is 0 Å². The summed E-state index contributed by atoms with van der Waals surface area (Å²) < 4.78 is 5.28. The lowest BCUT2D eigenvalue weighted by molar-refractivity contribution is 0.154. The molecule has 1 aromatic carbocycles. The third kappa shape index (κ3) is 2.38. The Bertz CT molecular complexity index is 417. The zero-order valence-corrected chi connectivity index (χ0v) is 11.8. The SMILES string of the molecule is COc1ccc2c(c1)CCC(N(C)C(C)C)C2N. The van der Waals surface area contributed by atoms with E-state index in [-0.39, 0.29) is 6.04 Å². The predicted molar refractivity (Wildman–Crippen MR) is 74.9 cm³/mol. The molecular weight excluding hydrogens is 224 g/mol. The number of nitrogens with two attached hydrogens (primary N) is 1. The average Bonchev–Trinajstić information content (AvgIpc) is 2.37. The number of methoxy groups -OCH3 is 1. The quantitative estimate of drug-likeness (QED) is 0.892. The lowest BCUT2D eigenvalue weighted by Gasteiger charge is -2.39. The van der Waals surface area contributed by atoms with Crippen molar-refractivity contribution in [3.8, 4) is 5.75 Å². The van der Waals surface area contributed by atoms with Gasteiger partial charge in [-0.25, -0.2) is 0 Å². The second-order valence-corrected chi connectivity index (χ2v) is 5.46. The molecule has 100 valence electrons. The molecule has 1 aliphatic rings. The van der Waals surface area contributed by atoms with Gasteiger partial charge < -0.3 is 10.5 Å². The third-order valence-corrected chi connectivity index (χ3v) is 4.17. The van der Waals surface area contributed by atoms with Crippen LogP contribution in [0.25, 0.3) is 0 Å². The van der Waals surface area contributed by atoms with Crippen molar-refractivity contribution in [3.63, 3.8) is 0 Å². The van der Waals surface area contributed by atoms with Crippen LogP contribution >= 0.6 is 0 Å². The van der Waals surface area contributed by atoms with E-state index in [9.17, 15) is 0 Å². The molecular formula is C15H24N2O. The summed E-state index contributed by atoms with van der Waals surface area (Å²) in [6.45, 7) is 4.44. The maximum absolute atomic E-state index is 6.44. The number of rotatable bonds is 3. The van der Waals surface area contributed by atoms with Crippen LogP contribution in [-0.2, 0) is 6.42 Å². The van der Waals surface area contributed by atoms with Crippen molar-refractivity contribution in [2.45, 2.75) is 44.8 Å². The Morgan fingerprint density at radius 1 is 1.39 bits per heavy atom. The first-order valence-electron chi connectivity index (χ1n) is 6.69. The van der Waals surface area contributed by atoms with Crippen molar-refractivity contribution in [3.05, 3.63) is 29.3 Å². The molecule has 0 spiro atoms. The molecule has 3 nitrogen and oxygen atoms in total. The van der Waals surface area contributed by atoms with E-state index in [0.29, 0.717) is 12.1 Å². The van der Waals surface area contributed by atoms with Crippen LogP contribution in [0.2, 0.25) is 0 Å². The molecule has 1 aliphatic carbocycles. The Morgan fingerprint density at radius 2 is 2.11 bits per heavy atom. The largest absolute Gasteiger partial charge is 0.497 e. The first kappa shape index (κ1) is 13.4. The summed E-state index contributed by atoms with van der Waals surface area (Å²) in [4.78, 5) is 2.39. The Hall–Kier alpha value is -1.06. The van der Waals surface area contributed by atoms with Gasteiger partial charge in [-0.3, -0.25) is 4.90 Å². The molecule has 0 bridgehead atoms. The fourth-order valence-corrected chi connectivity index (χ4v) is 2.78. The number of nitrogens with zero attached hydrogens (tertiary/aromatic N) is 1. The van der Waals surface area contributed by atoms with E-state index in [1.807, 2.05) is 6.07 Å². The number of aryl methyl sites for hydroxylation is 1. The zero-order valence-electron chi connectivity index (χ0n) is 11.8. The molecule has 0 aliphatic heterocycles. The molecule has 0 amide bonds. The molecule has 0 heterocycles. The molecule has 2 N–H and O–H groups in total. The van der Waals surface area contributed by atoms with E-state index in [1.54, 1.807) is 7.11 Å². The maximum atomic E-state index is 6.44. The Labute approximate surface area is 110 Å². The van der Waals surface area contributed by atoms with Crippen molar-refractivity contribution in [2.75, 3.05) is 14.2 Å². The molecule has 1 aromatic rings. The van der Waals surface area contributed by atoms with Crippen LogP contribution in [0, 0.1) is 0 Å². The van der Waals surface area contributed by atoms with E-state index >= 15 is 0 Å². The van der Waals surface area contributed by atoms with E-state index in [4.69, 9.17) is 10.5 Å². The highest BCUT2D eigenvalue weighted by molar-refractivity contribution is 5.40. The second kappa shape index (κ2) is 5.29. The number of ether oxygens (including phenoxy) is 1. The number of hydrogen-bond donors (Lipinski definition) is 1. The molecule has 18 heavy (non-hydrogen) atoms. The van der Waals surface area contributed by atoms with Gasteiger partial charge in [-0.1, -0.05) is 6.07 Å². The van der Waals surface area contributed by atoms with Gasteiger partial charge in [0, 0.05) is 18.1 Å². The topological polar surface area (TPSA) is 38.5 Å². The average molecular weight is 248 g/mol. The summed E-state index contributed by atoms with van der Waals surface area (Å²) in [5, 5.41) is 0. The first-order chi connectivity index (χ1) is 8.54. The van der Waals surface area contributed by atoms with Crippen molar-refractivity contribution in [1.82, 2.24) is 4.90 Å². The van der Waals surface area contributed by atoms with Gasteiger partial charge in [0.2, 0.25) is 0 Å². The molecule has 0 aromatic heterocycles. The number of likely N-dealkylation sites (N-methyl/N-ethyl adjacent to an activating group) is 1. The smallest absolute Gasteiger partial charge is 0.119 e. The van der Waals surface area contributed by atoms with Crippen molar-refractivity contribution in [1.29, 1.82) is 0 Å². The van der Waals surface area contributed by atoms with Crippen LogP contribution < -0.4 is 10.5 Å². The minimum atomic E-state index is 0.104. The molecule has 0 radical (unpaired) electrons. The lowest BCUT2D eigenvalue weighted by Crippen LogP contribution is -2.46. The van der Waals surface area contributed by atoms with Gasteiger partial charge in [0.15, 0.2) is 0 Å². The fourth-order valence-electron chi connectivity index (χ4n) is 2.78. The Balaban J connectivity index is 2.25. The Morgan fingerprint density at radius 3 is 2.72 bits per heavy atom. The molecule has 2 atom stereocenters. The number of benzene rings is 1. The minimum Gasteiger partial charge on any atom is -0.497 e. The normalized spacial score (nSPS) is 23.3. The van der Waals surface area contributed by atoms with Crippen molar-refractivity contribution in [2.24, 2.45) is 5.73 Å². The maximum Gasteiger partial charge on any atom is 0.119 e. The summed E-state index contributed by atoms with van der Waals surface area (Å²) in [5.74, 6) is 0.927. The minimum absolute atomic E-state index is 0.104. The van der Waals surface area contributed by atoms with Crippen LogP contribution in [0.4, 0.5) is 0 Å². The van der Waals surface area contributed by atoms with Gasteiger partial charge in [0.1, 0.15) is 5.75 Å². The molecule has 0 fully saturated rings. The summed E-state index contributed by atoms with van der Waals surface area (Å²) in [6, 6.07) is 7.33. The van der Waals surface area contributed by atoms with Crippen LogP contribution in [0.1, 0.15) is 37.4 Å². The van der Waals surface area contributed by atoms with Gasteiger partial charge >= 0.3 is 0 Å². The van der Waals surface area contributed by atoms with Gasteiger partial charge in [0.05, 0.1) is 7.11 Å². The molecule has 0 saturated carbocycles. The van der Waals surface area contributed by atoms with Gasteiger partial charge in [-0.2, -0.15) is 0 Å². The monoisotopic (exact) mass is 248 g/mol. The van der Waals surface area contributed by atoms with E-state index in [0.717, 1.165) is 18.6 Å². The summed E-state index contributed by atoms with van der Waals surface area (Å²) in [7, 11) is 3.88. The summed E-state index contributed by atoms with van der Waals surface area (Å²) in [6.07, 6.45) is 2.21. The van der Waals surface area contributed by atoms with Crippen LogP contribution in [-0.4, -0.2) is 31.1 Å². The molecule has 2 unspecified atom stereocenters. The number of hydrogen-bond acceptors (Lipinski definition) is 3. The van der Waals surface area contributed by atoms with Crippen LogP contribution in [0.5, 0.6) is 5.75 Å². The van der Waals surface area contributed by atoms with Gasteiger partial charge in [-0.05, 0) is 57.0 Å². The Kier molecular flexibility index (Phi) is 3.93. The fraction of sp³-hybridized carbons (Fsp3) is 0.600. The van der Waals surface area contributed by atoms with Gasteiger partial charge in [-0.15, -0.1) is 0 Å². The molecule has 3 heteroatoms. The molecule has 0 saturated heterocycles. The highest BCUT2D eigenvalue weighted by Crippen LogP contribution is 2.33.